The van der Waals surface area contributed by atoms with E-state index in [1.54, 1.807) is 26.2 Å². The molecular formula is C19H21NO4. The summed E-state index contributed by atoms with van der Waals surface area (Å²) >= 11 is 0. The molecule has 0 fully saturated rings. The van der Waals surface area contributed by atoms with Crippen molar-refractivity contribution in [2.45, 2.75) is 19.4 Å². The molecule has 0 heterocycles. The Kier molecular flexibility index (Phi) is 5.95. The minimum absolute atomic E-state index is 0.180. The minimum Gasteiger partial charge on any atom is -0.497 e. The Balaban J connectivity index is 2.10. The van der Waals surface area contributed by atoms with Gasteiger partial charge in [-0.25, -0.2) is 0 Å². The standard InChI is InChI=1S/C19H21NO4/c1-13(19(22)23)18(15-6-4-3-5-7-15)20-17(21)12-14-8-10-16(24-2)11-9-14/h3-11,13,18H,12H2,1-2H3,(H,20,21)(H,22,23). The Morgan fingerprint density at radius 2 is 1.71 bits per heavy atom. The molecule has 5 heteroatoms. The van der Waals surface area contributed by atoms with Crippen molar-refractivity contribution in [1.29, 1.82) is 0 Å². The summed E-state index contributed by atoms with van der Waals surface area (Å²) in [5.74, 6) is -1.18. The lowest BCUT2D eigenvalue weighted by Crippen LogP contribution is -2.36. The van der Waals surface area contributed by atoms with E-state index in [2.05, 4.69) is 5.32 Å². The van der Waals surface area contributed by atoms with E-state index in [0.717, 1.165) is 16.9 Å². The van der Waals surface area contributed by atoms with Crippen molar-refractivity contribution in [1.82, 2.24) is 5.32 Å². The van der Waals surface area contributed by atoms with E-state index in [0.29, 0.717) is 0 Å². The highest BCUT2D eigenvalue weighted by Gasteiger charge is 2.26. The highest BCUT2D eigenvalue weighted by molar-refractivity contribution is 5.80. The van der Waals surface area contributed by atoms with Crippen molar-refractivity contribution >= 4 is 11.9 Å². The number of ether oxygens (including phenoxy) is 1. The van der Waals surface area contributed by atoms with Gasteiger partial charge in [0.25, 0.3) is 0 Å². The molecule has 2 N–H and O–H groups in total. The van der Waals surface area contributed by atoms with Gasteiger partial charge in [0.2, 0.25) is 5.91 Å². The van der Waals surface area contributed by atoms with Crippen molar-refractivity contribution in [3.05, 3.63) is 65.7 Å². The second-order valence-electron chi connectivity index (χ2n) is 5.61. The predicted molar refractivity (Wildman–Crippen MR) is 90.8 cm³/mol. The molecule has 24 heavy (non-hydrogen) atoms. The van der Waals surface area contributed by atoms with Gasteiger partial charge in [0, 0.05) is 0 Å². The topological polar surface area (TPSA) is 75.6 Å². The monoisotopic (exact) mass is 327 g/mol. The lowest BCUT2D eigenvalue weighted by Gasteiger charge is -2.23. The Hall–Kier alpha value is -2.82. The van der Waals surface area contributed by atoms with Crippen molar-refractivity contribution in [3.8, 4) is 5.75 Å². The third-order valence-electron chi connectivity index (χ3n) is 3.89. The van der Waals surface area contributed by atoms with E-state index in [4.69, 9.17) is 4.74 Å². The smallest absolute Gasteiger partial charge is 0.308 e. The van der Waals surface area contributed by atoms with Crippen LogP contribution in [0.5, 0.6) is 5.75 Å². The third kappa shape index (κ3) is 4.59. The lowest BCUT2D eigenvalue weighted by atomic mass is 9.94. The molecule has 0 aromatic heterocycles. The van der Waals surface area contributed by atoms with E-state index >= 15 is 0 Å². The van der Waals surface area contributed by atoms with Gasteiger partial charge >= 0.3 is 5.97 Å². The first kappa shape index (κ1) is 17.5. The summed E-state index contributed by atoms with van der Waals surface area (Å²) in [6, 6.07) is 15.8. The summed E-state index contributed by atoms with van der Waals surface area (Å²) in [5, 5.41) is 12.1. The largest absolute Gasteiger partial charge is 0.497 e. The first-order valence-corrected chi connectivity index (χ1v) is 7.71. The molecule has 0 saturated heterocycles. The Morgan fingerprint density at radius 1 is 1.08 bits per heavy atom. The average molecular weight is 327 g/mol. The first-order chi connectivity index (χ1) is 11.5. The number of rotatable bonds is 7. The summed E-state index contributed by atoms with van der Waals surface area (Å²) in [6.45, 7) is 1.59. The van der Waals surface area contributed by atoms with E-state index in [1.165, 1.54) is 0 Å². The molecule has 2 unspecified atom stereocenters. The molecule has 0 spiro atoms. The predicted octanol–water partition coefficient (Wildman–Crippen LogP) is 2.82. The maximum absolute atomic E-state index is 12.3. The van der Waals surface area contributed by atoms with Crippen LogP contribution in [0.25, 0.3) is 0 Å². The van der Waals surface area contributed by atoms with Gasteiger partial charge < -0.3 is 15.2 Å². The fourth-order valence-electron chi connectivity index (χ4n) is 2.45. The molecule has 0 aliphatic heterocycles. The van der Waals surface area contributed by atoms with E-state index in [1.807, 2.05) is 42.5 Å². The van der Waals surface area contributed by atoms with Gasteiger partial charge in [-0.2, -0.15) is 0 Å². The maximum atomic E-state index is 12.3. The molecule has 0 aliphatic carbocycles. The summed E-state index contributed by atoms with van der Waals surface area (Å²) in [4.78, 5) is 23.7. The highest BCUT2D eigenvalue weighted by Crippen LogP contribution is 2.22. The van der Waals surface area contributed by atoms with Gasteiger partial charge in [-0.15, -0.1) is 0 Å². The molecule has 0 bridgehead atoms. The van der Waals surface area contributed by atoms with Gasteiger partial charge in [0.1, 0.15) is 5.75 Å². The molecule has 126 valence electrons. The van der Waals surface area contributed by atoms with Gasteiger partial charge in [0.05, 0.1) is 25.5 Å². The number of hydrogen-bond donors (Lipinski definition) is 2. The number of nitrogens with one attached hydrogen (secondary N) is 1. The number of carbonyl (C=O) groups is 2. The average Bonchev–Trinajstić information content (AvgIpc) is 2.60. The van der Waals surface area contributed by atoms with Gasteiger partial charge in [-0.05, 0) is 30.2 Å². The van der Waals surface area contributed by atoms with Crippen LogP contribution in [0.1, 0.15) is 24.1 Å². The van der Waals surface area contributed by atoms with E-state index < -0.39 is 17.9 Å². The quantitative estimate of drug-likeness (QED) is 0.820. The number of methoxy groups -OCH3 is 1. The zero-order valence-corrected chi connectivity index (χ0v) is 13.7. The normalized spacial score (nSPS) is 12.9. The number of carbonyl (C=O) groups excluding carboxylic acids is 1. The van der Waals surface area contributed by atoms with Gasteiger partial charge in [-0.3, -0.25) is 9.59 Å². The molecule has 1 amide bonds. The van der Waals surface area contributed by atoms with Crippen LogP contribution in [-0.4, -0.2) is 24.1 Å². The van der Waals surface area contributed by atoms with Crippen LogP contribution in [0.4, 0.5) is 0 Å². The summed E-state index contributed by atoms with van der Waals surface area (Å²) < 4.78 is 5.09. The highest BCUT2D eigenvalue weighted by atomic mass is 16.5. The van der Waals surface area contributed by atoms with E-state index in [9.17, 15) is 14.7 Å². The molecule has 2 atom stereocenters. The maximum Gasteiger partial charge on any atom is 0.308 e. The molecule has 2 rings (SSSR count). The van der Waals surface area contributed by atoms with Crippen LogP contribution >= 0.6 is 0 Å². The van der Waals surface area contributed by atoms with Crippen LogP contribution in [-0.2, 0) is 16.0 Å². The summed E-state index contributed by atoms with van der Waals surface area (Å²) in [7, 11) is 1.58. The second kappa shape index (κ2) is 8.15. The van der Waals surface area contributed by atoms with Crippen LogP contribution < -0.4 is 10.1 Å². The van der Waals surface area contributed by atoms with Crippen molar-refractivity contribution in [3.63, 3.8) is 0 Å². The van der Waals surface area contributed by atoms with Crippen molar-refractivity contribution in [2.75, 3.05) is 7.11 Å². The molecule has 2 aromatic carbocycles. The van der Waals surface area contributed by atoms with Crippen molar-refractivity contribution < 1.29 is 19.4 Å². The first-order valence-electron chi connectivity index (χ1n) is 7.71. The molecule has 2 aromatic rings. The minimum atomic E-state index is -0.950. The molecular weight excluding hydrogens is 306 g/mol. The van der Waals surface area contributed by atoms with Gasteiger partial charge in [-0.1, -0.05) is 42.5 Å². The second-order valence-corrected chi connectivity index (χ2v) is 5.61. The lowest BCUT2D eigenvalue weighted by molar-refractivity contribution is -0.142. The van der Waals surface area contributed by atoms with Crippen LogP contribution in [0, 0.1) is 5.92 Å². The fourth-order valence-corrected chi connectivity index (χ4v) is 2.45. The summed E-state index contributed by atoms with van der Waals surface area (Å²) in [6.07, 6.45) is 0.180. The Morgan fingerprint density at radius 3 is 2.25 bits per heavy atom. The SMILES string of the molecule is COc1ccc(CC(=O)NC(c2ccccc2)C(C)C(=O)O)cc1. The van der Waals surface area contributed by atoms with Crippen LogP contribution in [0.15, 0.2) is 54.6 Å². The van der Waals surface area contributed by atoms with E-state index in [-0.39, 0.29) is 12.3 Å². The summed E-state index contributed by atoms with van der Waals surface area (Å²) in [5.41, 5.74) is 1.61. The number of hydrogen-bond acceptors (Lipinski definition) is 3. The zero-order valence-electron chi connectivity index (χ0n) is 13.7. The van der Waals surface area contributed by atoms with Crippen LogP contribution in [0.2, 0.25) is 0 Å². The van der Waals surface area contributed by atoms with Gasteiger partial charge in [0.15, 0.2) is 0 Å². The zero-order chi connectivity index (χ0) is 17.5. The molecule has 5 nitrogen and oxygen atoms in total. The molecule has 0 aliphatic rings. The number of carboxylic acid groups (broad SMARTS) is 1. The molecule has 0 saturated carbocycles. The molecule has 0 radical (unpaired) electrons. The number of carboxylic acids is 1. The Labute approximate surface area is 141 Å². The Bertz CT molecular complexity index is 682. The third-order valence-corrected chi connectivity index (χ3v) is 3.89. The fraction of sp³-hybridized carbons (Fsp3) is 0.263. The number of amides is 1. The van der Waals surface area contributed by atoms with Crippen LogP contribution in [0.3, 0.4) is 0 Å². The van der Waals surface area contributed by atoms with Crippen molar-refractivity contribution in [2.24, 2.45) is 5.92 Å². The number of aliphatic carboxylic acids is 1. The number of benzene rings is 2.